The van der Waals surface area contributed by atoms with Crippen LogP contribution >= 0.6 is 0 Å². The standard InChI is InChI=1S/C20H23N5O2/c21-15-7-8-16(18(26)14-15)22-19-17-6-2-5-11-25(17)23-20(19)27-13-12-24-9-3-1-4-10-24/h2,5-8,11,14H,1,3-4,9-10,12-13,21H2. The predicted molar refractivity (Wildman–Crippen MR) is 104 cm³/mol. The van der Waals surface area contributed by atoms with Crippen molar-refractivity contribution in [2.75, 3.05) is 26.2 Å². The number of rotatable bonds is 5. The summed E-state index contributed by atoms with van der Waals surface area (Å²) >= 11 is 0. The molecule has 1 fully saturated rings. The third-order valence-corrected chi connectivity index (χ3v) is 4.79. The molecule has 4 rings (SSSR count). The van der Waals surface area contributed by atoms with E-state index in [2.05, 4.69) is 15.0 Å². The topological polar surface area (TPSA) is 85.2 Å². The van der Waals surface area contributed by atoms with Crippen LogP contribution in [0.1, 0.15) is 19.3 Å². The van der Waals surface area contributed by atoms with E-state index >= 15 is 0 Å². The maximum absolute atomic E-state index is 12.2. The van der Waals surface area contributed by atoms with E-state index in [0.29, 0.717) is 29.6 Å². The van der Waals surface area contributed by atoms with Crippen LogP contribution in [0, 0.1) is 0 Å². The number of aromatic nitrogens is 2. The number of likely N-dealkylation sites (tertiary alicyclic amines) is 1. The van der Waals surface area contributed by atoms with Gasteiger partial charge >= 0.3 is 0 Å². The molecule has 1 saturated heterocycles. The lowest BCUT2D eigenvalue weighted by molar-refractivity contribution is -0.108. The SMILES string of the molecule is NC1=CC(=O)C(=Nc2c(OCCN3CCCCC3)nn3ccccc23)C=C1. The first-order valence-corrected chi connectivity index (χ1v) is 9.31. The monoisotopic (exact) mass is 365 g/mol. The Balaban J connectivity index is 1.58. The number of fused-ring (bicyclic) bond motifs is 1. The molecule has 0 atom stereocenters. The molecule has 7 nitrogen and oxygen atoms in total. The summed E-state index contributed by atoms with van der Waals surface area (Å²) in [5.41, 5.74) is 7.78. The third-order valence-electron chi connectivity index (χ3n) is 4.79. The first-order valence-electron chi connectivity index (χ1n) is 9.31. The molecule has 0 bridgehead atoms. The van der Waals surface area contributed by atoms with Gasteiger partial charge in [0.15, 0.2) is 5.69 Å². The summed E-state index contributed by atoms with van der Waals surface area (Å²) in [7, 11) is 0. The van der Waals surface area contributed by atoms with E-state index in [9.17, 15) is 4.79 Å². The van der Waals surface area contributed by atoms with E-state index in [0.717, 1.165) is 25.2 Å². The second kappa shape index (κ2) is 7.75. The number of carbonyl (C=O) groups excluding carboxylic acids is 1. The summed E-state index contributed by atoms with van der Waals surface area (Å²) < 4.78 is 7.69. The van der Waals surface area contributed by atoms with Crippen LogP contribution in [0.2, 0.25) is 0 Å². The van der Waals surface area contributed by atoms with Gasteiger partial charge in [-0.25, -0.2) is 9.51 Å². The number of nitrogens with two attached hydrogens (primary N) is 1. The zero-order valence-electron chi connectivity index (χ0n) is 15.2. The first-order chi connectivity index (χ1) is 13.2. The van der Waals surface area contributed by atoms with E-state index in [1.54, 1.807) is 16.7 Å². The fourth-order valence-corrected chi connectivity index (χ4v) is 3.36. The van der Waals surface area contributed by atoms with Gasteiger partial charge in [-0.15, -0.1) is 5.10 Å². The average Bonchev–Trinajstić information content (AvgIpc) is 3.02. The van der Waals surface area contributed by atoms with Crippen LogP contribution in [0.5, 0.6) is 5.88 Å². The number of nitrogens with zero attached hydrogens (tertiary/aromatic N) is 4. The van der Waals surface area contributed by atoms with Crippen LogP contribution in [-0.4, -0.2) is 52.3 Å². The highest BCUT2D eigenvalue weighted by Crippen LogP contribution is 2.32. The minimum atomic E-state index is -0.218. The predicted octanol–water partition coefficient (Wildman–Crippen LogP) is 2.25. The molecule has 140 valence electrons. The lowest BCUT2D eigenvalue weighted by Crippen LogP contribution is -2.33. The van der Waals surface area contributed by atoms with Crippen molar-refractivity contribution in [2.45, 2.75) is 19.3 Å². The molecule has 0 aromatic carbocycles. The molecular weight excluding hydrogens is 342 g/mol. The number of ether oxygens (including phenoxy) is 1. The molecule has 0 amide bonds. The Bertz CT molecular complexity index is 935. The average molecular weight is 365 g/mol. The van der Waals surface area contributed by atoms with Crippen LogP contribution in [0.3, 0.4) is 0 Å². The summed E-state index contributed by atoms with van der Waals surface area (Å²) in [5, 5.41) is 4.49. The second-order valence-electron chi connectivity index (χ2n) is 6.77. The van der Waals surface area contributed by atoms with Gasteiger partial charge < -0.3 is 10.5 Å². The largest absolute Gasteiger partial charge is 0.474 e. The summed E-state index contributed by atoms with van der Waals surface area (Å²) in [6, 6.07) is 5.71. The Hall–Kier alpha value is -2.93. The van der Waals surface area contributed by atoms with Gasteiger partial charge in [0.1, 0.15) is 12.3 Å². The highest BCUT2D eigenvalue weighted by atomic mass is 16.5. The van der Waals surface area contributed by atoms with Crippen molar-refractivity contribution in [1.29, 1.82) is 0 Å². The zero-order chi connectivity index (χ0) is 18.6. The number of aliphatic imine (C=N–C) groups is 1. The molecule has 7 heteroatoms. The highest BCUT2D eigenvalue weighted by Gasteiger charge is 2.18. The quantitative estimate of drug-likeness (QED) is 0.822. The smallest absolute Gasteiger partial charge is 0.260 e. The minimum absolute atomic E-state index is 0.218. The maximum Gasteiger partial charge on any atom is 0.260 e. The Morgan fingerprint density at radius 2 is 2.04 bits per heavy atom. The fraction of sp³-hybridized carbons (Fsp3) is 0.350. The lowest BCUT2D eigenvalue weighted by Gasteiger charge is -2.25. The van der Waals surface area contributed by atoms with Crippen molar-refractivity contribution in [3.8, 4) is 5.88 Å². The van der Waals surface area contributed by atoms with Gasteiger partial charge in [-0.2, -0.15) is 0 Å². The van der Waals surface area contributed by atoms with Crippen molar-refractivity contribution in [1.82, 2.24) is 14.5 Å². The van der Waals surface area contributed by atoms with E-state index in [4.69, 9.17) is 10.5 Å². The summed E-state index contributed by atoms with van der Waals surface area (Å²) in [6.07, 6.45) is 10.3. The van der Waals surface area contributed by atoms with Crippen molar-refractivity contribution in [3.63, 3.8) is 0 Å². The first kappa shape index (κ1) is 17.5. The van der Waals surface area contributed by atoms with Crippen molar-refractivity contribution >= 4 is 22.7 Å². The van der Waals surface area contributed by atoms with Gasteiger partial charge in [0.05, 0.1) is 5.52 Å². The molecule has 0 radical (unpaired) electrons. The number of hydrogen-bond donors (Lipinski definition) is 1. The summed E-state index contributed by atoms with van der Waals surface area (Å²) in [4.78, 5) is 19.1. The molecule has 3 heterocycles. The number of hydrogen-bond acceptors (Lipinski definition) is 6. The van der Waals surface area contributed by atoms with E-state index in [1.807, 2.05) is 24.4 Å². The summed E-state index contributed by atoms with van der Waals surface area (Å²) in [6.45, 7) is 3.65. The fourth-order valence-electron chi connectivity index (χ4n) is 3.36. The Morgan fingerprint density at radius 3 is 2.85 bits per heavy atom. The molecule has 2 aliphatic rings. The molecule has 2 aromatic rings. The minimum Gasteiger partial charge on any atom is -0.474 e. The van der Waals surface area contributed by atoms with Crippen molar-refractivity contribution < 1.29 is 9.53 Å². The molecule has 2 aromatic heterocycles. The normalized spacial score (nSPS) is 19.6. The van der Waals surface area contributed by atoms with Crippen LogP contribution < -0.4 is 10.5 Å². The number of ketones is 1. The van der Waals surface area contributed by atoms with Crippen LogP contribution in [0.4, 0.5) is 5.69 Å². The number of carbonyl (C=O) groups is 1. The van der Waals surface area contributed by atoms with Gasteiger partial charge in [-0.05, 0) is 50.2 Å². The molecule has 27 heavy (non-hydrogen) atoms. The molecule has 2 N–H and O–H groups in total. The molecule has 0 unspecified atom stereocenters. The van der Waals surface area contributed by atoms with Gasteiger partial charge in [-0.3, -0.25) is 9.69 Å². The molecule has 0 saturated carbocycles. The van der Waals surface area contributed by atoms with Crippen LogP contribution in [0.15, 0.2) is 53.3 Å². The van der Waals surface area contributed by atoms with Crippen LogP contribution in [-0.2, 0) is 4.79 Å². The third kappa shape index (κ3) is 3.93. The van der Waals surface area contributed by atoms with E-state index < -0.39 is 0 Å². The van der Waals surface area contributed by atoms with E-state index in [1.165, 1.54) is 25.3 Å². The number of pyridine rings is 1. The van der Waals surface area contributed by atoms with Gasteiger partial charge in [0.25, 0.3) is 5.88 Å². The lowest BCUT2D eigenvalue weighted by atomic mass is 10.1. The summed E-state index contributed by atoms with van der Waals surface area (Å²) in [5.74, 6) is 0.221. The second-order valence-corrected chi connectivity index (χ2v) is 6.77. The molecular formula is C20H23N5O2. The van der Waals surface area contributed by atoms with E-state index in [-0.39, 0.29) is 5.78 Å². The molecule has 0 spiro atoms. The molecule has 1 aliphatic heterocycles. The van der Waals surface area contributed by atoms with Gasteiger partial charge in [0.2, 0.25) is 5.78 Å². The van der Waals surface area contributed by atoms with Crippen LogP contribution in [0.25, 0.3) is 5.52 Å². The van der Waals surface area contributed by atoms with Crippen molar-refractivity contribution in [3.05, 3.63) is 48.3 Å². The maximum atomic E-state index is 12.2. The van der Waals surface area contributed by atoms with Gasteiger partial charge in [-0.1, -0.05) is 12.5 Å². The zero-order valence-corrected chi connectivity index (χ0v) is 15.2. The Morgan fingerprint density at radius 1 is 1.19 bits per heavy atom. The van der Waals surface area contributed by atoms with Gasteiger partial charge in [0, 0.05) is 24.5 Å². The Kier molecular flexibility index (Phi) is 5.02. The molecule has 1 aliphatic carbocycles. The van der Waals surface area contributed by atoms with Crippen molar-refractivity contribution in [2.24, 2.45) is 10.7 Å². The highest BCUT2D eigenvalue weighted by molar-refractivity contribution is 6.49. The number of allylic oxidation sites excluding steroid dienone is 3. The number of piperidine rings is 1. The Labute approximate surface area is 157 Å².